The van der Waals surface area contributed by atoms with E-state index in [1.807, 2.05) is 49.3 Å². The summed E-state index contributed by atoms with van der Waals surface area (Å²) in [6.07, 6.45) is 0. The maximum atomic E-state index is 13.1. The average Bonchev–Trinajstić information content (AvgIpc) is 2.74. The molecule has 0 aliphatic carbocycles. The van der Waals surface area contributed by atoms with Crippen molar-refractivity contribution in [2.45, 2.75) is 12.8 Å². The molecule has 31 heavy (non-hydrogen) atoms. The summed E-state index contributed by atoms with van der Waals surface area (Å²) in [5.41, 5.74) is 12.3. The van der Waals surface area contributed by atoms with Crippen LogP contribution in [0.15, 0.2) is 74.0 Å². The maximum absolute atomic E-state index is 13.1. The fourth-order valence-corrected chi connectivity index (χ4v) is 3.77. The van der Waals surface area contributed by atoms with Crippen LogP contribution in [0.4, 0.5) is 0 Å². The van der Waals surface area contributed by atoms with Gasteiger partial charge in [0.2, 0.25) is 5.96 Å². The van der Waals surface area contributed by atoms with E-state index < -0.39 is 11.5 Å². The van der Waals surface area contributed by atoms with Gasteiger partial charge >= 0.3 is 5.63 Å². The topological polar surface area (TPSA) is 130 Å². The molecule has 0 bridgehead atoms. The third-order valence-corrected chi connectivity index (χ3v) is 5.11. The number of rotatable bonds is 7. The highest BCUT2D eigenvalue weighted by Crippen LogP contribution is 2.39. The minimum absolute atomic E-state index is 0.0981. The number of guanidine groups is 1. The smallest absolute Gasteiger partial charge is 0.343 e. The van der Waals surface area contributed by atoms with Gasteiger partial charge in [-0.3, -0.25) is 0 Å². The molecule has 2 aromatic carbocycles. The van der Waals surface area contributed by atoms with Gasteiger partial charge < -0.3 is 25.9 Å². The first kappa shape index (κ1) is 22.0. The number of fused-ring (bicyclic) bond motifs is 1. The van der Waals surface area contributed by atoms with Gasteiger partial charge in [0, 0.05) is 24.1 Å². The molecular weight excluding hydrogens is 394 g/mol. The number of hydrogen-bond acceptors (Lipinski definition) is 6. The molecule has 0 fully saturated rings. The van der Waals surface area contributed by atoms with E-state index in [1.54, 1.807) is 31.2 Å². The highest BCUT2D eigenvalue weighted by Gasteiger charge is 2.33. The monoisotopic (exact) mass is 421 g/mol. The van der Waals surface area contributed by atoms with Gasteiger partial charge in [-0.2, -0.15) is 5.10 Å². The molecule has 0 unspecified atom stereocenters. The van der Waals surface area contributed by atoms with Crippen LogP contribution in [0.5, 0.6) is 5.75 Å². The number of aromatic hydroxyl groups is 1. The van der Waals surface area contributed by atoms with Crippen molar-refractivity contribution in [1.82, 2.24) is 4.90 Å². The predicted octanol–water partition coefficient (Wildman–Crippen LogP) is 2.46. The molecule has 1 heterocycles. The summed E-state index contributed by atoms with van der Waals surface area (Å²) < 4.78 is 5.57. The molecule has 8 nitrogen and oxygen atoms in total. The van der Waals surface area contributed by atoms with E-state index in [-0.39, 0.29) is 23.2 Å². The van der Waals surface area contributed by atoms with E-state index in [1.165, 1.54) is 0 Å². The Morgan fingerprint density at radius 2 is 1.71 bits per heavy atom. The van der Waals surface area contributed by atoms with Gasteiger partial charge in [-0.25, -0.2) is 4.79 Å². The molecule has 0 aliphatic heterocycles. The summed E-state index contributed by atoms with van der Waals surface area (Å²) in [7, 11) is 3.84. The molecule has 2 atom stereocenters. The third kappa shape index (κ3) is 4.92. The summed E-state index contributed by atoms with van der Waals surface area (Å²) in [6, 6.07) is 16.4. The van der Waals surface area contributed by atoms with Crippen molar-refractivity contribution in [3.8, 4) is 5.75 Å². The average molecular weight is 422 g/mol. The zero-order chi connectivity index (χ0) is 22.5. The van der Waals surface area contributed by atoms with E-state index in [2.05, 4.69) is 10.2 Å². The lowest BCUT2D eigenvalue weighted by molar-refractivity contribution is 0.346. The standard InChI is InChI=1S/C23H27N5O3/c1-14(26-27-23(24)25)17(13-28(2)3)19(15-9-5-4-6-10-15)20-21(29)16-11-7-8-12-18(16)31-22(20)30/h4-12,17,19,29H,13H2,1-3H3,(H4,24,25,27)/b26-14+/t17-,19-/m1/s1. The molecule has 0 amide bonds. The highest BCUT2D eigenvalue weighted by atomic mass is 16.4. The Kier molecular flexibility index (Phi) is 6.71. The van der Waals surface area contributed by atoms with Crippen LogP contribution in [0.2, 0.25) is 0 Å². The number of nitrogens with two attached hydrogens (primary N) is 2. The number of hydrogen-bond donors (Lipinski definition) is 3. The quantitative estimate of drug-likeness (QED) is 0.232. The lowest BCUT2D eigenvalue weighted by Crippen LogP contribution is -2.34. The number of nitrogens with zero attached hydrogens (tertiary/aromatic N) is 3. The lowest BCUT2D eigenvalue weighted by atomic mass is 9.78. The molecule has 0 radical (unpaired) electrons. The van der Waals surface area contributed by atoms with Crippen molar-refractivity contribution in [2.24, 2.45) is 27.6 Å². The van der Waals surface area contributed by atoms with E-state index >= 15 is 0 Å². The van der Waals surface area contributed by atoms with Crippen LogP contribution < -0.4 is 17.1 Å². The zero-order valence-electron chi connectivity index (χ0n) is 17.8. The van der Waals surface area contributed by atoms with Gasteiger partial charge in [0.05, 0.1) is 10.9 Å². The molecule has 5 N–H and O–H groups in total. The lowest BCUT2D eigenvalue weighted by Gasteiger charge is -2.30. The molecular formula is C23H27N5O3. The van der Waals surface area contributed by atoms with Crippen LogP contribution in [-0.4, -0.2) is 42.3 Å². The van der Waals surface area contributed by atoms with Gasteiger partial charge in [-0.1, -0.05) is 42.5 Å². The van der Waals surface area contributed by atoms with E-state index in [0.717, 1.165) is 5.56 Å². The van der Waals surface area contributed by atoms with Crippen LogP contribution in [0.3, 0.4) is 0 Å². The van der Waals surface area contributed by atoms with Crippen LogP contribution in [-0.2, 0) is 0 Å². The fraction of sp³-hybridized carbons (Fsp3) is 0.261. The Hall–Kier alpha value is -3.65. The Labute approximate surface area is 180 Å². The second kappa shape index (κ2) is 9.44. The largest absolute Gasteiger partial charge is 0.507 e. The molecule has 162 valence electrons. The summed E-state index contributed by atoms with van der Waals surface area (Å²) in [5.74, 6) is -1.12. The fourth-order valence-electron chi connectivity index (χ4n) is 3.77. The molecule has 0 spiro atoms. The highest BCUT2D eigenvalue weighted by molar-refractivity contribution is 5.89. The Morgan fingerprint density at radius 3 is 2.35 bits per heavy atom. The van der Waals surface area contributed by atoms with E-state index in [9.17, 15) is 9.90 Å². The van der Waals surface area contributed by atoms with Crippen molar-refractivity contribution < 1.29 is 9.52 Å². The van der Waals surface area contributed by atoms with E-state index in [0.29, 0.717) is 23.2 Å². The first-order valence-electron chi connectivity index (χ1n) is 9.87. The summed E-state index contributed by atoms with van der Waals surface area (Å²) in [5, 5.41) is 19.6. The minimum Gasteiger partial charge on any atom is -0.507 e. The molecule has 0 saturated carbocycles. The zero-order valence-corrected chi connectivity index (χ0v) is 17.8. The number of benzene rings is 2. The van der Waals surface area contributed by atoms with Crippen molar-refractivity contribution in [1.29, 1.82) is 0 Å². The normalized spacial score (nSPS) is 13.9. The Bertz CT molecular complexity index is 1160. The predicted molar refractivity (Wildman–Crippen MR) is 123 cm³/mol. The van der Waals surface area contributed by atoms with Gasteiger partial charge in [0.25, 0.3) is 0 Å². The minimum atomic E-state index is -0.594. The first-order valence-corrected chi connectivity index (χ1v) is 9.87. The van der Waals surface area contributed by atoms with Crippen molar-refractivity contribution in [2.75, 3.05) is 20.6 Å². The Morgan fingerprint density at radius 1 is 1.06 bits per heavy atom. The Balaban J connectivity index is 2.30. The molecule has 0 aliphatic rings. The van der Waals surface area contributed by atoms with Gasteiger partial charge in [-0.05, 0) is 38.7 Å². The van der Waals surface area contributed by atoms with Crippen molar-refractivity contribution in [3.05, 3.63) is 76.1 Å². The van der Waals surface area contributed by atoms with Gasteiger partial charge in [0.15, 0.2) is 0 Å². The van der Waals surface area contributed by atoms with Crippen LogP contribution in [0.1, 0.15) is 24.0 Å². The maximum Gasteiger partial charge on any atom is 0.343 e. The first-order chi connectivity index (χ1) is 14.8. The van der Waals surface area contributed by atoms with Gasteiger partial charge in [0.1, 0.15) is 11.3 Å². The molecule has 8 heteroatoms. The summed E-state index contributed by atoms with van der Waals surface area (Å²) in [4.78, 5) is 15.1. The van der Waals surface area contributed by atoms with Crippen LogP contribution in [0.25, 0.3) is 11.0 Å². The second-order valence-electron chi connectivity index (χ2n) is 7.67. The summed E-state index contributed by atoms with van der Waals surface area (Å²) >= 11 is 0. The van der Waals surface area contributed by atoms with Crippen molar-refractivity contribution >= 4 is 22.6 Å². The van der Waals surface area contributed by atoms with Crippen LogP contribution >= 0.6 is 0 Å². The van der Waals surface area contributed by atoms with Crippen molar-refractivity contribution in [3.63, 3.8) is 0 Å². The van der Waals surface area contributed by atoms with Crippen LogP contribution in [0, 0.1) is 5.92 Å². The molecule has 0 saturated heterocycles. The van der Waals surface area contributed by atoms with Gasteiger partial charge in [-0.15, -0.1) is 5.10 Å². The summed E-state index contributed by atoms with van der Waals surface area (Å²) in [6.45, 7) is 2.33. The SMILES string of the molecule is C/C(=N\N=C(N)N)[C@@H](CN(C)C)[C@@H](c1ccccc1)c1c(O)c2ccccc2oc1=O. The number of para-hydroxylation sites is 1. The molecule has 1 aromatic heterocycles. The molecule has 3 aromatic rings. The van der Waals surface area contributed by atoms with E-state index in [4.69, 9.17) is 15.9 Å². The third-order valence-electron chi connectivity index (χ3n) is 5.11. The molecule has 3 rings (SSSR count). The second-order valence-corrected chi connectivity index (χ2v) is 7.67.